The number of thioether (sulfide) groups is 1. The van der Waals surface area contributed by atoms with E-state index in [0.29, 0.717) is 12.3 Å². The number of imidazole rings is 1. The standard InChI is InChI=1S/C15H15N3OS/c16-11-5-1-4-8-14(11)19-9-10-20-15-17-12-6-2-3-7-13(12)18-15/h1-8H,9-10,16H2,(H,17,18). The summed E-state index contributed by atoms with van der Waals surface area (Å²) in [7, 11) is 0. The molecule has 102 valence electrons. The van der Waals surface area contributed by atoms with Gasteiger partial charge >= 0.3 is 0 Å². The highest BCUT2D eigenvalue weighted by Crippen LogP contribution is 2.22. The number of ether oxygens (including phenoxy) is 1. The Labute approximate surface area is 121 Å². The number of para-hydroxylation sites is 4. The number of nitrogens with zero attached hydrogens (tertiary/aromatic N) is 1. The van der Waals surface area contributed by atoms with E-state index >= 15 is 0 Å². The molecule has 0 bridgehead atoms. The summed E-state index contributed by atoms with van der Waals surface area (Å²) in [5.41, 5.74) is 8.53. The molecule has 3 N–H and O–H groups in total. The highest BCUT2D eigenvalue weighted by Gasteiger charge is 2.03. The normalized spacial score (nSPS) is 10.8. The Morgan fingerprint density at radius 1 is 1.10 bits per heavy atom. The van der Waals surface area contributed by atoms with E-state index in [1.165, 1.54) is 0 Å². The Bertz CT molecular complexity index is 678. The van der Waals surface area contributed by atoms with Crippen molar-refractivity contribution < 1.29 is 4.74 Å². The first-order valence-electron chi connectivity index (χ1n) is 6.38. The molecule has 2 aromatic carbocycles. The summed E-state index contributed by atoms with van der Waals surface area (Å²) < 4.78 is 5.65. The van der Waals surface area contributed by atoms with E-state index in [1.807, 2.05) is 48.5 Å². The van der Waals surface area contributed by atoms with E-state index in [9.17, 15) is 0 Å². The van der Waals surface area contributed by atoms with Crippen LogP contribution in [-0.4, -0.2) is 22.3 Å². The van der Waals surface area contributed by atoms with Crippen molar-refractivity contribution in [3.05, 3.63) is 48.5 Å². The number of hydrogen-bond donors (Lipinski definition) is 2. The maximum atomic E-state index is 5.81. The van der Waals surface area contributed by atoms with Crippen molar-refractivity contribution in [3.63, 3.8) is 0 Å². The molecule has 4 nitrogen and oxygen atoms in total. The van der Waals surface area contributed by atoms with Crippen molar-refractivity contribution in [2.75, 3.05) is 18.1 Å². The Morgan fingerprint density at radius 3 is 2.75 bits per heavy atom. The second-order valence-corrected chi connectivity index (χ2v) is 5.38. The molecule has 0 saturated heterocycles. The average molecular weight is 285 g/mol. The largest absolute Gasteiger partial charge is 0.491 e. The average Bonchev–Trinajstić information content (AvgIpc) is 2.88. The minimum atomic E-state index is 0.593. The molecule has 0 spiro atoms. The third-order valence-corrected chi connectivity index (χ3v) is 3.70. The number of rotatable bonds is 5. The monoisotopic (exact) mass is 285 g/mol. The van der Waals surface area contributed by atoms with Crippen molar-refractivity contribution in [1.82, 2.24) is 9.97 Å². The van der Waals surface area contributed by atoms with E-state index in [-0.39, 0.29) is 0 Å². The van der Waals surface area contributed by atoms with Gasteiger partial charge in [0.1, 0.15) is 5.75 Å². The molecule has 0 amide bonds. The van der Waals surface area contributed by atoms with E-state index in [1.54, 1.807) is 11.8 Å². The number of anilines is 1. The molecule has 0 unspecified atom stereocenters. The molecular formula is C15H15N3OS. The first-order chi connectivity index (χ1) is 9.83. The number of aromatic amines is 1. The maximum Gasteiger partial charge on any atom is 0.166 e. The molecule has 5 heteroatoms. The molecule has 1 aromatic heterocycles. The summed E-state index contributed by atoms with van der Waals surface area (Å²) in [5.74, 6) is 1.55. The number of fused-ring (bicyclic) bond motifs is 1. The number of aromatic nitrogens is 2. The van der Waals surface area contributed by atoms with Crippen molar-refractivity contribution in [2.45, 2.75) is 5.16 Å². The lowest BCUT2D eigenvalue weighted by Crippen LogP contribution is -2.02. The van der Waals surface area contributed by atoms with Crippen LogP contribution >= 0.6 is 11.8 Å². The lowest BCUT2D eigenvalue weighted by atomic mass is 10.3. The number of nitrogens with two attached hydrogens (primary N) is 1. The second kappa shape index (κ2) is 5.88. The van der Waals surface area contributed by atoms with Gasteiger partial charge in [0.05, 0.1) is 23.3 Å². The fraction of sp³-hybridized carbons (Fsp3) is 0.133. The van der Waals surface area contributed by atoms with Gasteiger partial charge in [0.2, 0.25) is 0 Å². The molecule has 0 radical (unpaired) electrons. The lowest BCUT2D eigenvalue weighted by Gasteiger charge is -2.07. The first-order valence-corrected chi connectivity index (χ1v) is 7.36. The van der Waals surface area contributed by atoms with Crippen molar-refractivity contribution >= 4 is 28.5 Å². The quantitative estimate of drug-likeness (QED) is 0.429. The number of benzene rings is 2. The van der Waals surface area contributed by atoms with Crippen molar-refractivity contribution in [3.8, 4) is 5.75 Å². The van der Waals surface area contributed by atoms with E-state index in [0.717, 1.165) is 27.7 Å². The van der Waals surface area contributed by atoms with Crippen LogP contribution in [0, 0.1) is 0 Å². The van der Waals surface area contributed by atoms with Gasteiger partial charge in [0, 0.05) is 5.75 Å². The van der Waals surface area contributed by atoms with Gasteiger partial charge in [0.15, 0.2) is 5.16 Å². The number of nitrogens with one attached hydrogen (secondary N) is 1. The Kier molecular flexibility index (Phi) is 3.78. The van der Waals surface area contributed by atoms with Crippen LogP contribution in [0.25, 0.3) is 11.0 Å². The van der Waals surface area contributed by atoms with E-state index in [2.05, 4.69) is 9.97 Å². The SMILES string of the molecule is Nc1ccccc1OCCSc1nc2ccccc2[nH]1. The van der Waals surface area contributed by atoms with Crippen LogP contribution < -0.4 is 10.5 Å². The Balaban J connectivity index is 1.54. The minimum absolute atomic E-state index is 0.593. The van der Waals surface area contributed by atoms with Crippen LogP contribution in [0.1, 0.15) is 0 Å². The molecule has 3 aromatic rings. The minimum Gasteiger partial charge on any atom is -0.491 e. The number of H-pyrrole nitrogens is 1. The van der Waals surface area contributed by atoms with Crippen molar-refractivity contribution in [1.29, 1.82) is 0 Å². The molecule has 1 heterocycles. The van der Waals surface area contributed by atoms with E-state index < -0.39 is 0 Å². The molecule has 0 aliphatic rings. The number of nitrogen functional groups attached to an aromatic ring is 1. The molecule has 0 atom stereocenters. The smallest absolute Gasteiger partial charge is 0.166 e. The molecule has 0 fully saturated rings. The zero-order valence-corrected chi connectivity index (χ0v) is 11.7. The summed E-state index contributed by atoms with van der Waals surface area (Å²) in [5, 5.41) is 0.913. The zero-order valence-electron chi connectivity index (χ0n) is 10.9. The predicted molar refractivity (Wildman–Crippen MR) is 83.2 cm³/mol. The van der Waals surface area contributed by atoms with Gasteiger partial charge in [-0.15, -0.1) is 0 Å². The van der Waals surface area contributed by atoms with Crippen LogP contribution in [0.4, 0.5) is 5.69 Å². The third kappa shape index (κ3) is 2.88. The molecular weight excluding hydrogens is 270 g/mol. The summed E-state index contributed by atoms with van der Waals surface area (Å²) in [4.78, 5) is 7.78. The molecule has 0 aliphatic carbocycles. The highest BCUT2D eigenvalue weighted by atomic mass is 32.2. The number of hydrogen-bond acceptors (Lipinski definition) is 4. The van der Waals surface area contributed by atoms with Crippen molar-refractivity contribution in [2.24, 2.45) is 0 Å². The van der Waals surface area contributed by atoms with Crippen LogP contribution in [0.5, 0.6) is 5.75 Å². The summed E-state index contributed by atoms with van der Waals surface area (Å²) in [6, 6.07) is 15.5. The Morgan fingerprint density at radius 2 is 1.90 bits per heavy atom. The van der Waals surface area contributed by atoms with Crippen LogP contribution in [0.3, 0.4) is 0 Å². The highest BCUT2D eigenvalue weighted by molar-refractivity contribution is 7.99. The first kappa shape index (κ1) is 12.9. The molecule has 3 rings (SSSR count). The van der Waals surface area contributed by atoms with Gasteiger partial charge in [-0.05, 0) is 24.3 Å². The van der Waals surface area contributed by atoms with Crippen LogP contribution in [0.15, 0.2) is 53.7 Å². The van der Waals surface area contributed by atoms with Gasteiger partial charge < -0.3 is 15.5 Å². The molecule has 0 saturated carbocycles. The lowest BCUT2D eigenvalue weighted by molar-refractivity contribution is 0.345. The topological polar surface area (TPSA) is 63.9 Å². The fourth-order valence-corrected chi connectivity index (χ4v) is 2.60. The predicted octanol–water partition coefficient (Wildman–Crippen LogP) is 3.32. The second-order valence-electron chi connectivity index (χ2n) is 4.29. The molecule has 0 aliphatic heterocycles. The Hall–Kier alpha value is -2.14. The summed E-state index contributed by atoms with van der Waals surface area (Å²) in [6.07, 6.45) is 0. The van der Waals surface area contributed by atoms with Crippen LogP contribution in [0.2, 0.25) is 0 Å². The van der Waals surface area contributed by atoms with Gasteiger partial charge in [-0.1, -0.05) is 36.0 Å². The van der Waals surface area contributed by atoms with E-state index in [4.69, 9.17) is 10.5 Å². The fourth-order valence-electron chi connectivity index (χ4n) is 1.90. The maximum absolute atomic E-state index is 5.81. The van der Waals surface area contributed by atoms with Gasteiger partial charge in [-0.3, -0.25) is 0 Å². The van der Waals surface area contributed by atoms with Gasteiger partial charge in [0.25, 0.3) is 0 Å². The van der Waals surface area contributed by atoms with Gasteiger partial charge in [-0.2, -0.15) is 0 Å². The summed E-state index contributed by atoms with van der Waals surface area (Å²) in [6.45, 7) is 0.593. The third-order valence-electron chi connectivity index (χ3n) is 2.87. The van der Waals surface area contributed by atoms with Gasteiger partial charge in [-0.25, -0.2) is 4.98 Å². The summed E-state index contributed by atoms with van der Waals surface area (Å²) >= 11 is 1.64. The van der Waals surface area contributed by atoms with Crippen LogP contribution in [-0.2, 0) is 0 Å². The zero-order chi connectivity index (χ0) is 13.8. The molecule has 20 heavy (non-hydrogen) atoms.